The zero-order valence-electron chi connectivity index (χ0n) is 11.0. The van der Waals surface area contributed by atoms with Gasteiger partial charge in [-0.05, 0) is 43.4 Å². The van der Waals surface area contributed by atoms with E-state index in [2.05, 4.69) is 21.2 Å². The monoisotopic (exact) mass is 350 g/mol. The lowest BCUT2D eigenvalue weighted by Crippen LogP contribution is -2.37. The van der Waals surface area contributed by atoms with Crippen LogP contribution in [-0.4, -0.2) is 12.1 Å². The Morgan fingerprint density at radius 2 is 1.85 bits per heavy atom. The van der Waals surface area contributed by atoms with Crippen LogP contribution in [-0.2, 0) is 12.7 Å². The van der Waals surface area contributed by atoms with Crippen LogP contribution < -0.4 is 11.1 Å². The molecule has 0 bridgehead atoms. The Labute approximate surface area is 125 Å². The van der Waals surface area contributed by atoms with Crippen molar-refractivity contribution in [2.45, 2.75) is 50.5 Å². The molecular formula is C14H18BrF3N2. The average molecular weight is 351 g/mol. The van der Waals surface area contributed by atoms with Gasteiger partial charge in [-0.3, -0.25) is 0 Å². The van der Waals surface area contributed by atoms with Crippen LogP contribution in [0, 0.1) is 0 Å². The predicted octanol–water partition coefficient (Wildman–Crippen LogP) is 3.83. The van der Waals surface area contributed by atoms with Crippen molar-refractivity contribution in [1.29, 1.82) is 0 Å². The van der Waals surface area contributed by atoms with Crippen molar-refractivity contribution in [3.63, 3.8) is 0 Å². The highest BCUT2D eigenvalue weighted by atomic mass is 79.9. The number of hydrogen-bond acceptors (Lipinski definition) is 2. The molecule has 2 rings (SSSR count). The molecule has 0 amide bonds. The Hall–Kier alpha value is -0.590. The van der Waals surface area contributed by atoms with Crippen LogP contribution in [0.2, 0.25) is 0 Å². The summed E-state index contributed by atoms with van der Waals surface area (Å²) in [4.78, 5) is 0. The van der Waals surface area contributed by atoms with Gasteiger partial charge in [-0.2, -0.15) is 13.2 Å². The molecule has 0 atom stereocenters. The fourth-order valence-corrected chi connectivity index (χ4v) is 2.91. The number of alkyl halides is 3. The summed E-state index contributed by atoms with van der Waals surface area (Å²) in [5.41, 5.74) is 5.53. The molecule has 0 saturated heterocycles. The smallest absolute Gasteiger partial charge is 0.328 e. The van der Waals surface area contributed by atoms with Gasteiger partial charge in [0.25, 0.3) is 0 Å². The molecule has 0 unspecified atom stereocenters. The standard InChI is InChI=1S/C14H18BrF3N2/c15-10-2-1-9(13(7-10)14(16,17)18)8-20-12-5-3-11(19)4-6-12/h1-2,7,11-12,20H,3-6,8,19H2. The molecule has 0 aromatic heterocycles. The fourth-order valence-electron chi connectivity index (χ4n) is 2.54. The summed E-state index contributed by atoms with van der Waals surface area (Å²) in [6, 6.07) is 4.80. The lowest BCUT2D eigenvalue weighted by Gasteiger charge is -2.27. The molecule has 0 heterocycles. The molecule has 20 heavy (non-hydrogen) atoms. The Morgan fingerprint density at radius 1 is 1.20 bits per heavy atom. The fraction of sp³-hybridized carbons (Fsp3) is 0.571. The van der Waals surface area contributed by atoms with Crippen molar-refractivity contribution in [3.8, 4) is 0 Å². The number of rotatable bonds is 3. The number of nitrogens with two attached hydrogens (primary N) is 1. The maximum absolute atomic E-state index is 13.0. The Kier molecular flexibility index (Phi) is 5.09. The minimum atomic E-state index is -4.32. The molecule has 0 radical (unpaired) electrons. The van der Waals surface area contributed by atoms with Gasteiger partial charge in [0.15, 0.2) is 0 Å². The molecular weight excluding hydrogens is 333 g/mol. The van der Waals surface area contributed by atoms with E-state index in [4.69, 9.17) is 5.73 Å². The van der Waals surface area contributed by atoms with Crippen LogP contribution in [0.4, 0.5) is 13.2 Å². The summed E-state index contributed by atoms with van der Waals surface area (Å²) in [6.45, 7) is 0.238. The number of hydrogen-bond donors (Lipinski definition) is 2. The van der Waals surface area contributed by atoms with E-state index in [1.54, 1.807) is 6.07 Å². The van der Waals surface area contributed by atoms with Gasteiger partial charge in [0.05, 0.1) is 5.56 Å². The summed E-state index contributed by atoms with van der Waals surface area (Å²) in [5, 5.41) is 3.22. The molecule has 1 aromatic rings. The highest BCUT2D eigenvalue weighted by Gasteiger charge is 2.33. The molecule has 3 N–H and O–H groups in total. The molecule has 2 nitrogen and oxygen atoms in total. The maximum Gasteiger partial charge on any atom is 0.416 e. The molecule has 0 spiro atoms. The summed E-state index contributed by atoms with van der Waals surface area (Å²) in [6.07, 6.45) is -0.595. The van der Waals surface area contributed by atoms with Crippen molar-refractivity contribution >= 4 is 15.9 Å². The van der Waals surface area contributed by atoms with E-state index in [-0.39, 0.29) is 24.2 Å². The van der Waals surface area contributed by atoms with E-state index in [1.807, 2.05) is 0 Å². The van der Waals surface area contributed by atoms with Gasteiger partial charge in [0, 0.05) is 23.1 Å². The number of benzene rings is 1. The Bertz CT molecular complexity index is 454. The van der Waals surface area contributed by atoms with Crippen molar-refractivity contribution in [1.82, 2.24) is 5.32 Å². The van der Waals surface area contributed by atoms with Crippen LogP contribution >= 0.6 is 15.9 Å². The normalized spacial score (nSPS) is 23.9. The Balaban J connectivity index is 2.02. The molecule has 6 heteroatoms. The lowest BCUT2D eigenvalue weighted by atomic mass is 9.91. The zero-order chi connectivity index (χ0) is 14.8. The van der Waals surface area contributed by atoms with E-state index < -0.39 is 11.7 Å². The highest BCUT2D eigenvalue weighted by molar-refractivity contribution is 9.10. The summed E-state index contributed by atoms with van der Waals surface area (Å²) >= 11 is 3.09. The first-order valence-corrected chi connectivity index (χ1v) is 7.50. The third-order valence-electron chi connectivity index (χ3n) is 3.73. The summed E-state index contributed by atoms with van der Waals surface area (Å²) in [5.74, 6) is 0. The van der Waals surface area contributed by atoms with Crippen LogP contribution in [0.1, 0.15) is 36.8 Å². The molecule has 1 aliphatic carbocycles. The largest absolute Gasteiger partial charge is 0.416 e. The average Bonchev–Trinajstić information content (AvgIpc) is 2.38. The van der Waals surface area contributed by atoms with E-state index in [0.717, 1.165) is 31.7 Å². The van der Waals surface area contributed by atoms with Gasteiger partial charge in [0.2, 0.25) is 0 Å². The van der Waals surface area contributed by atoms with Crippen molar-refractivity contribution < 1.29 is 13.2 Å². The van der Waals surface area contributed by atoms with Gasteiger partial charge in [-0.15, -0.1) is 0 Å². The number of nitrogens with one attached hydrogen (secondary N) is 1. The SMILES string of the molecule is NC1CCC(NCc2ccc(Br)cc2C(F)(F)F)CC1. The first kappa shape index (κ1) is 15.8. The molecule has 112 valence electrons. The van der Waals surface area contributed by atoms with Crippen LogP contribution in [0.15, 0.2) is 22.7 Å². The highest BCUT2D eigenvalue weighted by Crippen LogP contribution is 2.34. The second-order valence-electron chi connectivity index (χ2n) is 5.29. The van der Waals surface area contributed by atoms with Crippen LogP contribution in [0.5, 0.6) is 0 Å². The van der Waals surface area contributed by atoms with Gasteiger partial charge < -0.3 is 11.1 Å². The first-order valence-electron chi connectivity index (χ1n) is 6.71. The first-order chi connectivity index (χ1) is 9.36. The van der Waals surface area contributed by atoms with E-state index >= 15 is 0 Å². The molecule has 1 fully saturated rings. The second kappa shape index (κ2) is 6.45. The topological polar surface area (TPSA) is 38.0 Å². The Morgan fingerprint density at radius 3 is 2.45 bits per heavy atom. The third kappa shape index (κ3) is 4.20. The summed E-state index contributed by atoms with van der Waals surface area (Å²) in [7, 11) is 0. The van der Waals surface area contributed by atoms with E-state index in [9.17, 15) is 13.2 Å². The van der Waals surface area contributed by atoms with Gasteiger partial charge in [-0.1, -0.05) is 22.0 Å². The molecule has 1 saturated carbocycles. The van der Waals surface area contributed by atoms with Crippen molar-refractivity contribution in [2.24, 2.45) is 5.73 Å². The van der Waals surface area contributed by atoms with Crippen LogP contribution in [0.25, 0.3) is 0 Å². The van der Waals surface area contributed by atoms with Crippen molar-refractivity contribution in [2.75, 3.05) is 0 Å². The quantitative estimate of drug-likeness (QED) is 0.869. The maximum atomic E-state index is 13.0. The van der Waals surface area contributed by atoms with E-state index in [1.165, 1.54) is 6.07 Å². The van der Waals surface area contributed by atoms with Gasteiger partial charge >= 0.3 is 6.18 Å². The molecule has 1 aromatic carbocycles. The minimum absolute atomic E-state index is 0.238. The van der Waals surface area contributed by atoms with Crippen LogP contribution in [0.3, 0.4) is 0 Å². The predicted molar refractivity (Wildman–Crippen MR) is 76.2 cm³/mol. The zero-order valence-corrected chi connectivity index (χ0v) is 12.6. The lowest BCUT2D eigenvalue weighted by molar-refractivity contribution is -0.138. The number of halogens is 4. The minimum Gasteiger partial charge on any atom is -0.328 e. The van der Waals surface area contributed by atoms with Crippen molar-refractivity contribution in [3.05, 3.63) is 33.8 Å². The van der Waals surface area contributed by atoms with Gasteiger partial charge in [0.1, 0.15) is 0 Å². The molecule has 0 aliphatic heterocycles. The van der Waals surface area contributed by atoms with E-state index in [0.29, 0.717) is 4.47 Å². The third-order valence-corrected chi connectivity index (χ3v) is 4.22. The molecule has 1 aliphatic rings. The summed E-state index contributed by atoms with van der Waals surface area (Å²) < 4.78 is 39.4. The second-order valence-corrected chi connectivity index (χ2v) is 6.21. The van der Waals surface area contributed by atoms with Gasteiger partial charge in [-0.25, -0.2) is 0 Å².